The first-order valence-electron chi connectivity index (χ1n) is 7.50. The summed E-state index contributed by atoms with van der Waals surface area (Å²) in [6.07, 6.45) is 5.46. The Morgan fingerprint density at radius 1 is 1.29 bits per heavy atom. The maximum absolute atomic E-state index is 6.18. The summed E-state index contributed by atoms with van der Waals surface area (Å²) in [5, 5.41) is 5.38. The molecule has 114 valence electrons. The van der Waals surface area contributed by atoms with Gasteiger partial charge in [0.05, 0.1) is 17.7 Å². The molecule has 3 unspecified atom stereocenters. The number of aryl methyl sites for hydroxylation is 1. The largest absolute Gasteiger partial charge is 0.370 e. The van der Waals surface area contributed by atoms with Gasteiger partial charge in [0.2, 0.25) is 0 Å². The Kier molecular flexibility index (Phi) is 4.13. The molecule has 1 aliphatic rings. The molecule has 1 saturated carbocycles. The molecule has 5 nitrogen and oxygen atoms in total. The summed E-state index contributed by atoms with van der Waals surface area (Å²) < 4.78 is 7.70. The standard InChI is InChI=1S/C15H21ClN4O/c1-9-4-5-11(6-10(9)2)21-8-13-18-14(16)12-7-17-20(3)15(12)19-13/h7,9-11H,4-6,8H2,1-3H3. The lowest BCUT2D eigenvalue weighted by Gasteiger charge is -2.31. The second-order valence-corrected chi connectivity index (χ2v) is 6.49. The first-order chi connectivity index (χ1) is 10.0. The number of fused-ring (bicyclic) bond motifs is 1. The monoisotopic (exact) mass is 308 g/mol. The molecular formula is C15H21ClN4O. The molecule has 0 spiro atoms. The molecule has 2 aromatic rings. The van der Waals surface area contributed by atoms with Crippen LogP contribution in [0.4, 0.5) is 0 Å². The smallest absolute Gasteiger partial charge is 0.162 e. The normalized spacial score (nSPS) is 26.4. The Labute approximate surface area is 129 Å². The predicted octanol–water partition coefficient (Wildman–Crippen LogP) is 3.36. The van der Waals surface area contributed by atoms with Crippen molar-refractivity contribution in [2.24, 2.45) is 18.9 Å². The molecule has 21 heavy (non-hydrogen) atoms. The van der Waals surface area contributed by atoms with Crippen LogP contribution in [0.25, 0.3) is 11.0 Å². The molecular weight excluding hydrogens is 288 g/mol. The van der Waals surface area contributed by atoms with Crippen molar-refractivity contribution in [1.82, 2.24) is 19.7 Å². The topological polar surface area (TPSA) is 52.8 Å². The van der Waals surface area contributed by atoms with Crippen LogP contribution < -0.4 is 0 Å². The van der Waals surface area contributed by atoms with Gasteiger partial charge in [0.25, 0.3) is 0 Å². The molecule has 2 heterocycles. The number of hydrogen-bond donors (Lipinski definition) is 0. The van der Waals surface area contributed by atoms with Crippen LogP contribution >= 0.6 is 11.6 Å². The molecule has 0 aromatic carbocycles. The van der Waals surface area contributed by atoms with Crippen LogP contribution in [0.5, 0.6) is 0 Å². The number of halogens is 1. The summed E-state index contributed by atoms with van der Waals surface area (Å²) in [6.45, 7) is 5.03. The minimum Gasteiger partial charge on any atom is -0.370 e. The highest BCUT2D eigenvalue weighted by Crippen LogP contribution is 2.31. The second-order valence-electron chi connectivity index (χ2n) is 6.14. The first-order valence-corrected chi connectivity index (χ1v) is 7.88. The van der Waals surface area contributed by atoms with E-state index in [9.17, 15) is 0 Å². The molecule has 0 saturated heterocycles. The van der Waals surface area contributed by atoms with E-state index in [1.54, 1.807) is 10.9 Å². The Bertz CT molecular complexity index is 642. The third-order valence-electron chi connectivity index (χ3n) is 4.59. The van der Waals surface area contributed by atoms with Crippen LogP contribution in [0.3, 0.4) is 0 Å². The van der Waals surface area contributed by atoms with Gasteiger partial charge in [-0.05, 0) is 31.1 Å². The molecule has 0 aliphatic heterocycles. The molecule has 3 rings (SSSR count). The average Bonchev–Trinajstić information content (AvgIpc) is 2.83. The van der Waals surface area contributed by atoms with Crippen molar-refractivity contribution < 1.29 is 4.74 Å². The quantitative estimate of drug-likeness (QED) is 0.816. The molecule has 0 bridgehead atoms. The van der Waals surface area contributed by atoms with E-state index >= 15 is 0 Å². The number of hydrogen-bond acceptors (Lipinski definition) is 4. The van der Waals surface area contributed by atoms with Gasteiger partial charge in [0.15, 0.2) is 11.5 Å². The van der Waals surface area contributed by atoms with Gasteiger partial charge in [0, 0.05) is 7.05 Å². The fourth-order valence-corrected chi connectivity index (χ4v) is 3.17. The van der Waals surface area contributed by atoms with Crippen LogP contribution in [-0.4, -0.2) is 25.9 Å². The SMILES string of the molecule is CC1CCC(OCc2nc(Cl)c3cnn(C)c3n2)CC1C. The highest BCUT2D eigenvalue weighted by molar-refractivity contribution is 6.33. The lowest BCUT2D eigenvalue weighted by Crippen LogP contribution is -2.26. The maximum atomic E-state index is 6.18. The Balaban J connectivity index is 1.69. The van der Waals surface area contributed by atoms with Crippen molar-refractivity contribution in [3.63, 3.8) is 0 Å². The molecule has 1 aliphatic carbocycles. The minimum absolute atomic E-state index is 0.306. The third-order valence-corrected chi connectivity index (χ3v) is 4.88. The summed E-state index contributed by atoms with van der Waals surface area (Å²) in [5.41, 5.74) is 0.749. The van der Waals surface area contributed by atoms with E-state index in [1.165, 1.54) is 6.42 Å². The Hall–Kier alpha value is -1.20. The van der Waals surface area contributed by atoms with E-state index in [1.807, 2.05) is 7.05 Å². The van der Waals surface area contributed by atoms with Gasteiger partial charge in [0.1, 0.15) is 11.8 Å². The van der Waals surface area contributed by atoms with E-state index in [4.69, 9.17) is 16.3 Å². The van der Waals surface area contributed by atoms with Crippen molar-refractivity contribution in [2.75, 3.05) is 0 Å². The summed E-state index contributed by atoms with van der Waals surface area (Å²) >= 11 is 6.18. The number of rotatable bonds is 3. The number of ether oxygens (including phenoxy) is 1. The van der Waals surface area contributed by atoms with Gasteiger partial charge < -0.3 is 4.74 Å². The fourth-order valence-electron chi connectivity index (χ4n) is 2.94. The van der Waals surface area contributed by atoms with Crippen LogP contribution in [0.15, 0.2) is 6.20 Å². The molecule has 2 aromatic heterocycles. The van der Waals surface area contributed by atoms with Crippen LogP contribution in [0.1, 0.15) is 38.9 Å². The van der Waals surface area contributed by atoms with Crippen molar-refractivity contribution >= 4 is 22.6 Å². The van der Waals surface area contributed by atoms with E-state index in [-0.39, 0.29) is 0 Å². The van der Waals surface area contributed by atoms with Crippen LogP contribution in [0.2, 0.25) is 5.15 Å². The number of nitrogens with zero attached hydrogens (tertiary/aromatic N) is 4. The zero-order valence-corrected chi connectivity index (χ0v) is 13.5. The molecule has 0 N–H and O–H groups in total. The summed E-state index contributed by atoms with van der Waals surface area (Å²) in [5.74, 6) is 2.14. The zero-order valence-electron chi connectivity index (χ0n) is 12.7. The molecule has 0 radical (unpaired) electrons. The Morgan fingerprint density at radius 3 is 2.86 bits per heavy atom. The van der Waals surface area contributed by atoms with Gasteiger partial charge in [-0.25, -0.2) is 9.97 Å². The molecule has 1 fully saturated rings. The highest BCUT2D eigenvalue weighted by atomic mass is 35.5. The van der Waals surface area contributed by atoms with Gasteiger partial charge in [-0.3, -0.25) is 4.68 Å². The molecule has 0 amide bonds. The second kappa shape index (κ2) is 5.89. The first kappa shape index (κ1) is 14.7. The van der Waals surface area contributed by atoms with Crippen molar-refractivity contribution in [3.8, 4) is 0 Å². The van der Waals surface area contributed by atoms with Crippen molar-refractivity contribution in [3.05, 3.63) is 17.2 Å². The molecule has 3 atom stereocenters. The highest BCUT2D eigenvalue weighted by Gasteiger charge is 2.25. The van der Waals surface area contributed by atoms with E-state index in [2.05, 4.69) is 28.9 Å². The van der Waals surface area contributed by atoms with Gasteiger partial charge in [-0.2, -0.15) is 5.10 Å². The van der Waals surface area contributed by atoms with E-state index in [0.717, 1.165) is 29.8 Å². The van der Waals surface area contributed by atoms with Gasteiger partial charge >= 0.3 is 0 Å². The minimum atomic E-state index is 0.306. The Morgan fingerprint density at radius 2 is 2.10 bits per heavy atom. The van der Waals surface area contributed by atoms with E-state index in [0.29, 0.717) is 29.6 Å². The lowest BCUT2D eigenvalue weighted by molar-refractivity contribution is -0.0101. The fraction of sp³-hybridized carbons (Fsp3) is 0.667. The maximum Gasteiger partial charge on any atom is 0.162 e. The van der Waals surface area contributed by atoms with Gasteiger partial charge in [-0.1, -0.05) is 25.4 Å². The third kappa shape index (κ3) is 3.04. The lowest BCUT2D eigenvalue weighted by atomic mass is 9.80. The summed E-state index contributed by atoms with van der Waals surface area (Å²) in [6, 6.07) is 0. The van der Waals surface area contributed by atoms with Crippen molar-refractivity contribution in [2.45, 2.75) is 45.8 Å². The van der Waals surface area contributed by atoms with Crippen molar-refractivity contribution in [1.29, 1.82) is 0 Å². The van der Waals surface area contributed by atoms with Gasteiger partial charge in [-0.15, -0.1) is 0 Å². The summed E-state index contributed by atoms with van der Waals surface area (Å²) in [4.78, 5) is 8.80. The van der Waals surface area contributed by atoms with Crippen LogP contribution in [0, 0.1) is 11.8 Å². The average molecular weight is 309 g/mol. The molecule has 6 heteroatoms. The number of aromatic nitrogens is 4. The zero-order chi connectivity index (χ0) is 15.0. The van der Waals surface area contributed by atoms with E-state index < -0.39 is 0 Å². The van der Waals surface area contributed by atoms with Crippen LogP contribution in [-0.2, 0) is 18.4 Å². The predicted molar refractivity (Wildman–Crippen MR) is 82.1 cm³/mol. The summed E-state index contributed by atoms with van der Waals surface area (Å²) in [7, 11) is 1.85.